The first-order valence-electron chi connectivity index (χ1n) is 5.06. The normalized spacial score (nSPS) is 9.89. The molecule has 0 saturated heterocycles. The van der Waals surface area contributed by atoms with Crippen molar-refractivity contribution in [1.29, 1.82) is 5.26 Å². The minimum atomic E-state index is -0.556. The summed E-state index contributed by atoms with van der Waals surface area (Å²) >= 11 is 5.73. The van der Waals surface area contributed by atoms with Gasteiger partial charge in [0.05, 0.1) is 5.56 Å². The fourth-order valence-corrected chi connectivity index (χ4v) is 1.66. The molecule has 0 atom stereocenters. The number of nitrogens with zero attached hydrogens (tertiary/aromatic N) is 3. The Labute approximate surface area is 108 Å². The zero-order valence-corrected chi connectivity index (χ0v) is 10.2. The molecule has 1 heterocycles. The van der Waals surface area contributed by atoms with E-state index in [0.717, 1.165) is 0 Å². The molecular formula is C12H8ClFN4. The molecule has 2 rings (SSSR count). The third kappa shape index (κ3) is 2.73. The number of rotatable bonds is 2. The van der Waals surface area contributed by atoms with Gasteiger partial charge in [0.2, 0.25) is 5.28 Å². The van der Waals surface area contributed by atoms with Crippen molar-refractivity contribution in [2.45, 2.75) is 6.92 Å². The maximum Gasteiger partial charge on any atom is 0.224 e. The van der Waals surface area contributed by atoms with E-state index in [0.29, 0.717) is 17.2 Å². The number of nitriles is 1. The molecule has 0 bridgehead atoms. The molecule has 1 aromatic heterocycles. The zero-order valence-electron chi connectivity index (χ0n) is 9.41. The number of hydrogen-bond acceptors (Lipinski definition) is 4. The summed E-state index contributed by atoms with van der Waals surface area (Å²) in [5.41, 5.74) is 1.24. The highest BCUT2D eigenvalue weighted by atomic mass is 35.5. The molecule has 0 radical (unpaired) electrons. The Kier molecular flexibility index (Phi) is 3.40. The van der Waals surface area contributed by atoms with Crippen LogP contribution in [0.2, 0.25) is 5.28 Å². The lowest BCUT2D eigenvalue weighted by atomic mass is 10.2. The first kappa shape index (κ1) is 12.3. The van der Waals surface area contributed by atoms with Gasteiger partial charge in [-0.15, -0.1) is 0 Å². The molecule has 2 aromatic rings. The summed E-state index contributed by atoms with van der Waals surface area (Å²) in [6, 6.07) is 7.60. The number of halogens is 2. The van der Waals surface area contributed by atoms with Gasteiger partial charge in [0.15, 0.2) is 0 Å². The smallest absolute Gasteiger partial charge is 0.224 e. The maximum atomic E-state index is 13.1. The summed E-state index contributed by atoms with van der Waals surface area (Å²) < 4.78 is 13.1. The van der Waals surface area contributed by atoms with E-state index in [1.807, 2.05) is 0 Å². The van der Waals surface area contributed by atoms with Crippen LogP contribution in [0, 0.1) is 24.1 Å². The lowest BCUT2D eigenvalue weighted by Gasteiger charge is -2.07. The summed E-state index contributed by atoms with van der Waals surface area (Å²) in [6.07, 6.45) is 0. The first-order valence-corrected chi connectivity index (χ1v) is 5.44. The van der Waals surface area contributed by atoms with E-state index >= 15 is 0 Å². The van der Waals surface area contributed by atoms with Crippen molar-refractivity contribution in [3.63, 3.8) is 0 Å². The Morgan fingerprint density at radius 3 is 2.78 bits per heavy atom. The van der Waals surface area contributed by atoms with Crippen LogP contribution in [0.5, 0.6) is 0 Å². The fourth-order valence-electron chi connectivity index (χ4n) is 1.43. The average molecular weight is 263 g/mol. The van der Waals surface area contributed by atoms with Crippen LogP contribution in [-0.4, -0.2) is 9.97 Å². The van der Waals surface area contributed by atoms with E-state index in [1.54, 1.807) is 19.1 Å². The maximum absolute atomic E-state index is 13.1. The van der Waals surface area contributed by atoms with Crippen molar-refractivity contribution in [2.75, 3.05) is 5.32 Å². The van der Waals surface area contributed by atoms with Gasteiger partial charge >= 0.3 is 0 Å². The predicted molar refractivity (Wildman–Crippen MR) is 66.2 cm³/mol. The SMILES string of the molecule is Cc1cc(Nc2ccc(F)c(C#N)c2)nc(Cl)n1. The average Bonchev–Trinajstić information content (AvgIpc) is 2.30. The van der Waals surface area contributed by atoms with Crippen LogP contribution in [-0.2, 0) is 0 Å². The van der Waals surface area contributed by atoms with E-state index in [1.165, 1.54) is 18.2 Å². The monoisotopic (exact) mass is 262 g/mol. The van der Waals surface area contributed by atoms with Crippen LogP contribution in [0.3, 0.4) is 0 Å². The molecule has 1 N–H and O–H groups in total. The molecule has 0 fully saturated rings. The largest absolute Gasteiger partial charge is 0.340 e. The van der Waals surface area contributed by atoms with Crippen molar-refractivity contribution in [3.05, 3.63) is 46.6 Å². The van der Waals surface area contributed by atoms with Crippen LogP contribution < -0.4 is 5.32 Å². The summed E-state index contributed by atoms with van der Waals surface area (Å²) in [6.45, 7) is 1.78. The Morgan fingerprint density at radius 1 is 1.33 bits per heavy atom. The van der Waals surface area contributed by atoms with Gasteiger partial charge in [-0.1, -0.05) is 0 Å². The molecule has 18 heavy (non-hydrogen) atoms. The van der Waals surface area contributed by atoms with Gasteiger partial charge < -0.3 is 5.32 Å². The second-order valence-corrected chi connectivity index (χ2v) is 3.93. The third-order valence-electron chi connectivity index (χ3n) is 2.19. The van der Waals surface area contributed by atoms with Crippen LogP contribution in [0.25, 0.3) is 0 Å². The molecular weight excluding hydrogens is 255 g/mol. The van der Waals surface area contributed by atoms with E-state index in [-0.39, 0.29) is 10.8 Å². The second-order valence-electron chi connectivity index (χ2n) is 3.60. The number of nitrogens with one attached hydrogen (secondary N) is 1. The van der Waals surface area contributed by atoms with Gasteiger partial charge in [0, 0.05) is 17.4 Å². The zero-order chi connectivity index (χ0) is 13.1. The van der Waals surface area contributed by atoms with Crippen LogP contribution in [0.4, 0.5) is 15.9 Å². The molecule has 0 spiro atoms. The van der Waals surface area contributed by atoms with E-state index in [9.17, 15) is 4.39 Å². The van der Waals surface area contributed by atoms with Crippen molar-refractivity contribution >= 4 is 23.1 Å². The quantitative estimate of drug-likeness (QED) is 0.845. The second kappa shape index (κ2) is 4.98. The Morgan fingerprint density at radius 2 is 2.11 bits per heavy atom. The minimum Gasteiger partial charge on any atom is -0.340 e. The van der Waals surface area contributed by atoms with E-state index in [2.05, 4.69) is 15.3 Å². The molecule has 1 aromatic carbocycles. The predicted octanol–water partition coefficient (Wildman–Crippen LogP) is 3.19. The highest BCUT2D eigenvalue weighted by molar-refractivity contribution is 6.28. The molecule has 90 valence electrons. The van der Waals surface area contributed by atoms with Crippen LogP contribution >= 0.6 is 11.6 Å². The summed E-state index contributed by atoms with van der Waals surface area (Å²) in [5, 5.41) is 11.8. The van der Waals surface area contributed by atoms with Crippen LogP contribution in [0.1, 0.15) is 11.3 Å². The van der Waals surface area contributed by atoms with Gasteiger partial charge in [0.1, 0.15) is 17.7 Å². The van der Waals surface area contributed by atoms with Gasteiger partial charge in [0.25, 0.3) is 0 Å². The Bertz CT molecular complexity index is 616. The van der Waals surface area contributed by atoms with Crippen molar-refractivity contribution in [1.82, 2.24) is 9.97 Å². The summed E-state index contributed by atoms with van der Waals surface area (Å²) in [5.74, 6) is -0.0667. The van der Waals surface area contributed by atoms with E-state index in [4.69, 9.17) is 16.9 Å². The number of aryl methyl sites for hydroxylation is 1. The topological polar surface area (TPSA) is 61.6 Å². The van der Waals surface area contributed by atoms with Crippen molar-refractivity contribution in [2.24, 2.45) is 0 Å². The lowest BCUT2D eigenvalue weighted by Crippen LogP contribution is -1.97. The van der Waals surface area contributed by atoms with Gasteiger partial charge in [-0.2, -0.15) is 5.26 Å². The molecule has 0 unspecified atom stereocenters. The van der Waals surface area contributed by atoms with Gasteiger partial charge in [-0.3, -0.25) is 0 Å². The number of aromatic nitrogens is 2. The first-order chi connectivity index (χ1) is 8.58. The molecule has 6 heteroatoms. The van der Waals surface area contributed by atoms with Crippen molar-refractivity contribution < 1.29 is 4.39 Å². The summed E-state index contributed by atoms with van der Waals surface area (Å²) in [7, 11) is 0. The minimum absolute atomic E-state index is 0.0307. The fraction of sp³-hybridized carbons (Fsp3) is 0.0833. The highest BCUT2D eigenvalue weighted by Gasteiger charge is 2.04. The van der Waals surface area contributed by atoms with E-state index < -0.39 is 5.82 Å². The Hall–Kier alpha value is -2.19. The third-order valence-corrected chi connectivity index (χ3v) is 2.36. The highest BCUT2D eigenvalue weighted by Crippen LogP contribution is 2.19. The summed E-state index contributed by atoms with van der Waals surface area (Å²) in [4.78, 5) is 7.90. The van der Waals surface area contributed by atoms with Gasteiger partial charge in [-0.25, -0.2) is 14.4 Å². The van der Waals surface area contributed by atoms with Crippen LogP contribution in [0.15, 0.2) is 24.3 Å². The molecule has 0 aliphatic rings. The molecule has 0 amide bonds. The Balaban J connectivity index is 2.31. The lowest BCUT2D eigenvalue weighted by molar-refractivity contribution is 0.624. The number of hydrogen-bond donors (Lipinski definition) is 1. The molecule has 0 saturated carbocycles. The molecule has 4 nitrogen and oxygen atoms in total. The van der Waals surface area contributed by atoms with Crippen molar-refractivity contribution in [3.8, 4) is 6.07 Å². The number of anilines is 2. The molecule has 0 aliphatic heterocycles. The van der Waals surface area contributed by atoms with Gasteiger partial charge in [-0.05, 0) is 36.7 Å². The standard InChI is InChI=1S/C12H8ClFN4/c1-7-4-11(18-12(13)16-7)17-9-2-3-10(14)8(5-9)6-15/h2-5H,1H3,(H,16,17,18). The number of benzene rings is 1. The molecule has 0 aliphatic carbocycles.